The van der Waals surface area contributed by atoms with Crippen LogP contribution in [0.5, 0.6) is 0 Å². The van der Waals surface area contributed by atoms with Crippen molar-refractivity contribution in [3.8, 4) is 0 Å². The first-order valence-corrected chi connectivity index (χ1v) is 8.32. The van der Waals surface area contributed by atoms with Crippen molar-refractivity contribution in [3.63, 3.8) is 0 Å². The Morgan fingerprint density at radius 2 is 2.06 bits per heavy atom. The maximum Gasteiger partial charge on any atom is 0.244 e. The minimum absolute atomic E-state index is 0.0631. The van der Waals surface area contributed by atoms with Crippen LogP contribution in [0.1, 0.15) is 36.9 Å². The number of rotatable bonds is 6. The van der Waals surface area contributed by atoms with E-state index in [-0.39, 0.29) is 12.6 Å². The summed E-state index contributed by atoms with van der Waals surface area (Å²) in [7, 11) is -3.45. The fraction of sp³-hybridized carbons (Fsp3) is 0.667. The summed E-state index contributed by atoms with van der Waals surface area (Å²) in [6.45, 7) is 7.90. The van der Waals surface area contributed by atoms with Crippen LogP contribution < -0.4 is 0 Å². The van der Waals surface area contributed by atoms with Crippen molar-refractivity contribution in [2.75, 3.05) is 6.54 Å². The van der Waals surface area contributed by atoms with Gasteiger partial charge >= 0.3 is 0 Å². The van der Waals surface area contributed by atoms with Crippen LogP contribution in [0.2, 0.25) is 0 Å². The molecule has 1 aromatic rings. The summed E-state index contributed by atoms with van der Waals surface area (Å²) in [6.07, 6.45) is 0.785. The van der Waals surface area contributed by atoms with E-state index in [0.717, 1.165) is 11.3 Å². The average molecular weight is 291 g/mol. The Labute approximate surface area is 113 Å². The van der Waals surface area contributed by atoms with Crippen molar-refractivity contribution in [1.29, 1.82) is 0 Å². The molecule has 0 aromatic carbocycles. The second-order valence-electron chi connectivity index (χ2n) is 4.50. The van der Waals surface area contributed by atoms with Gasteiger partial charge in [-0.1, -0.05) is 6.92 Å². The standard InChI is InChI=1S/C12H21NO3S2/c1-5-6-13(9(2)3)18(15,16)12-7-11(8-14)17-10(12)4/h7,9,14H,5-6,8H2,1-4H3. The molecule has 0 aliphatic carbocycles. The Hall–Kier alpha value is -0.430. The van der Waals surface area contributed by atoms with E-state index in [2.05, 4.69) is 0 Å². The molecular weight excluding hydrogens is 270 g/mol. The van der Waals surface area contributed by atoms with Crippen molar-refractivity contribution in [1.82, 2.24) is 4.31 Å². The Balaban J connectivity index is 3.21. The van der Waals surface area contributed by atoms with E-state index in [1.165, 1.54) is 15.6 Å². The monoisotopic (exact) mass is 291 g/mol. The molecule has 104 valence electrons. The number of hydrogen-bond acceptors (Lipinski definition) is 4. The summed E-state index contributed by atoms with van der Waals surface area (Å²) in [5.74, 6) is 0. The summed E-state index contributed by atoms with van der Waals surface area (Å²) in [4.78, 5) is 1.76. The van der Waals surface area contributed by atoms with E-state index in [0.29, 0.717) is 16.3 Å². The lowest BCUT2D eigenvalue weighted by Gasteiger charge is -2.25. The van der Waals surface area contributed by atoms with Crippen LogP contribution in [-0.4, -0.2) is 30.4 Å². The second kappa shape index (κ2) is 6.14. The zero-order valence-corrected chi connectivity index (χ0v) is 12.9. The van der Waals surface area contributed by atoms with Crippen LogP contribution in [0.3, 0.4) is 0 Å². The first-order chi connectivity index (χ1) is 8.34. The normalized spacial score (nSPS) is 12.6. The topological polar surface area (TPSA) is 57.6 Å². The molecule has 4 nitrogen and oxygen atoms in total. The molecule has 1 heterocycles. The van der Waals surface area contributed by atoms with E-state index in [4.69, 9.17) is 5.11 Å². The quantitative estimate of drug-likeness (QED) is 0.875. The smallest absolute Gasteiger partial charge is 0.244 e. The van der Waals surface area contributed by atoms with Gasteiger partial charge in [0.2, 0.25) is 10.0 Å². The minimum atomic E-state index is -3.45. The number of aliphatic hydroxyl groups is 1. The van der Waals surface area contributed by atoms with Crippen molar-refractivity contribution >= 4 is 21.4 Å². The molecule has 18 heavy (non-hydrogen) atoms. The molecule has 0 aliphatic heterocycles. The van der Waals surface area contributed by atoms with E-state index in [1.807, 2.05) is 20.8 Å². The summed E-state index contributed by atoms with van der Waals surface area (Å²) in [5.41, 5.74) is 0. The van der Waals surface area contributed by atoms with Gasteiger partial charge in [-0.2, -0.15) is 4.31 Å². The Morgan fingerprint density at radius 1 is 1.44 bits per heavy atom. The first-order valence-electron chi connectivity index (χ1n) is 6.06. The lowest BCUT2D eigenvalue weighted by Crippen LogP contribution is -2.37. The number of sulfonamides is 1. The first kappa shape index (κ1) is 15.6. The van der Waals surface area contributed by atoms with Gasteiger partial charge in [0, 0.05) is 22.3 Å². The molecule has 0 saturated heterocycles. The molecule has 0 radical (unpaired) electrons. The fourth-order valence-corrected chi connectivity index (χ4v) is 5.06. The molecule has 0 fully saturated rings. The van der Waals surface area contributed by atoms with Gasteiger partial charge in [-0.3, -0.25) is 0 Å². The van der Waals surface area contributed by atoms with E-state index < -0.39 is 10.0 Å². The molecule has 0 unspecified atom stereocenters. The SMILES string of the molecule is CCCN(C(C)C)S(=O)(=O)c1cc(CO)sc1C. The number of aryl methyl sites for hydroxylation is 1. The van der Waals surface area contributed by atoms with Gasteiger partial charge in [-0.05, 0) is 33.3 Å². The lowest BCUT2D eigenvalue weighted by molar-refractivity contribution is 0.285. The third-order valence-corrected chi connectivity index (χ3v) is 6.05. The van der Waals surface area contributed by atoms with Crippen LogP contribution in [0.4, 0.5) is 0 Å². The van der Waals surface area contributed by atoms with Crippen LogP contribution in [0.25, 0.3) is 0 Å². The van der Waals surface area contributed by atoms with Gasteiger partial charge in [0.15, 0.2) is 0 Å². The molecule has 1 rings (SSSR count). The predicted molar refractivity (Wildman–Crippen MR) is 74.3 cm³/mol. The maximum atomic E-state index is 12.6. The molecular formula is C12H21NO3S2. The molecule has 0 spiro atoms. The summed E-state index contributed by atoms with van der Waals surface area (Å²) < 4.78 is 26.6. The molecule has 6 heteroatoms. The Morgan fingerprint density at radius 3 is 2.44 bits per heavy atom. The summed E-state index contributed by atoms with van der Waals surface area (Å²) in [5, 5.41) is 9.09. The predicted octanol–water partition coefficient (Wildman–Crippen LogP) is 2.36. The largest absolute Gasteiger partial charge is 0.391 e. The molecule has 0 saturated carbocycles. The van der Waals surface area contributed by atoms with Crippen molar-refractivity contribution < 1.29 is 13.5 Å². The van der Waals surface area contributed by atoms with Gasteiger partial charge in [-0.25, -0.2) is 8.42 Å². The molecule has 0 bridgehead atoms. The summed E-state index contributed by atoms with van der Waals surface area (Å²) >= 11 is 1.33. The minimum Gasteiger partial charge on any atom is -0.391 e. The third-order valence-electron chi connectivity index (χ3n) is 2.69. The van der Waals surface area contributed by atoms with Crippen LogP contribution >= 0.6 is 11.3 Å². The van der Waals surface area contributed by atoms with E-state index in [9.17, 15) is 8.42 Å². The average Bonchev–Trinajstić information content (AvgIpc) is 2.67. The zero-order valence-electron chi connectivity index (χ0n) is 11.3. The van der Waals surface area contributed by atoms with Crippen LogP contribution in [-0.2, 0) is 16.6 Å². The van der Waals surface area contributed by atoms with Gasteiger partial charge in [0.1, 0.15) is 0 Å². The highest BCUT2D eigenvalue weighted by Gasteiger charge is 2.29. The molecule has 0 atom stereocenters. The fourth-order valence-electron chi connectivity index (χ4n) is 1.86. The van der Waals surface area contributed by atoms with Gasteiger partial charge < -0.3 is 5.11 Å². The summed E-state index contributed by atoms with van der Waals surface area (Å²) in [6, 6.07) is 1.52. The zero-order chi connectivity index (χ0) is 13.9. The van der Waals surface area contributed by atoms with E-state index >= 15 is 0 Å². The molecule has 1 N–H and O–H groups in total. The highest BCUT2D eigenvalue weighted by molar-refractivity contribution is 7.89. The molecule has 0 amide bonds. The van der Waals surface area contributed by atoms with Crippen molar-refractivity contribution in [2.24, 2.45) is 0 Å². The number of aliphatic hydroxyl groups excluding tert-OH is 1. The van der Waals surface area contributed by atoms with E-state index in [1.54, 1.807) is 13.0 Å². The number of hydrogen-bond donors (Lipinski definition) is 1. The third kappa shape index (κ3) is 3.12. The Bertz CT molecular complexity index is 491. The second-order valence-corrected chi connectivity index (χ2v) is 7.70. The lowest BCUT2D eigenvalue weighted by atomic mass is 10.4. The van der Waals surface area contributed by atoms with Crippen LogP contribution in [0.15, 0.2) is 11.0 Å². The van der Waals surface area contributed by atoms with Crippen LogP contribution in [0, 0.1) is 6.92 Å². The van der Waals surface area contributed by atoms with Gasteiger partial charge in [0.05, 0.1) is 11.5 Å². The van der Waals surface area contributed by atoms with Gasteiger partial charge in [0.25, 0.3) is 0 Å². The van der Waals surface area contributed by atoms with Crippen molar-refractivity contribution in [3.05, 3.63) is 15.8 Å². The van der Waals surface area contributed by atoms with Crippen molar-refractivity contribution in [2.45, 2.75) is 51.7 Å². The number of nitrogens with zero attached hydrogens (tertiary/aromatic N) is 1. The highest BCUT2D eigenvalue weighted by atomic mass is 32.2. The highest BCUT2D eigenvalue weighted by Crippen LogP contribution is 2.29. The molecule has 0 aliphatic rings. The number of thiophene rings is 1. The maximum absolute atomic E-state index is 12.6. The molecule has 1 aromatic heterocycles. The Kier molecular flexibility index (Phi) is 5.33. The van der Waals surface area contributed by atoms with Gasteiger partial charge in [-0.15, -0.1) is 11.3 Å².